The highest BCUT2D eigenvalue weighted by Gasteiger charge is 2.04. The van der Waals surface area contributed by atoms with E-state index in [2.05, 4.69) is 85.6 Å². The van der Waals surface area contributed by atoms with E-state index in [0.717, 1.165) is 0 Å². The average molecular weight is 256 g/mol. The van der Waals surface area contributed by atoms with Crippen LogP contribution in [0.3, 0.4) is 0 Å². The minimum atomic E-state index is 1.22. The molecular formula is C20H16. The average Bonchev–Trinajstić information content (AvgIpc) is 2.51. The van der Waals surface area contributed by atoms with Crippen molar-refractivity contribution >= 4 is 0 Å². The highest BCUT2D eigenvalue weighted by molar-refractivity contribution is 5.48. The molecule has 3 aromatic carbocycles. The van der Waals surface area contributed by atoms with Crippen LogP contribution >= 0.6 is 0 Å². The molecule has 0 spiro atoms. The Morgan fingerprint density at radius 3 is 1.15 bits per heavy atom. The molecule has 3 aromatic rings. The SMILES string of the molecule is [CH](c1ccccc1)c1ccccc1[CH]c1ccccc1. The van der Waals surface area contributed by atoms with Gasteiger partial charge in [-0.25, -0.2) is 0 Å². The van der Waals surface area contributed by atoms with E-state index in [0.29, 0.717) is 0 Å². The molecule has 96 valence electrons. The fourth-order valence-electron chi connectivity index (χ4n) is 2.23. The van der Waals surface area contributed by atoms with Gasteiger partial charge in [-0.15, -0.1) is 0 Å². The zero-order valence-corrected chi connectivity index (χ0v) is 11.2. The van der Waals surface area contributed by atoms with Crippen molar-refractivity contribution in [2.45, 2.75) is 0 Å². The van der Waals surface area contributed by atoms with E-state index >= 15 is 0 Å². The Morgan fingerprint density at radius 1 is 0.400 bits per heavy atom. The predicted molar refractivity (Wildman–Crippen MR) is 84.3 cm³/mol. The number of hydrogen-bond donors (Lipinski definition) is 0. The maximum atomic E-state index is 2.22. The van der Waals surface area contributed by atoms with E-state index < -0.39 is 0 Å². The van der Waals surface area contributed by atoms with Gasteiger partial charge in [0.1, 0.15) is 0 Å². The van der Waals surface area contributed by atoms with Gasteiger partial charge in [0.2, 0.25) is 0 Å². The largest absolute Gasteiger partial charge is 0.0622 e. The zero-order chi connectivity index (χ0) is 13.6. The third-order valence-corrected chi connectivity index (χ3v) is 3.24. The Morgan fingerprint density at radius 2 is 0.750 bits per heavy atom. The van der Waals surface area contributed by atoms with Crippen LogP contribution in [0, 0.1) is 12.8 Å². The quantitative estimate of drug-likeness (QED) is 0.623. The summed E-state index contributed by atoms with van der Waals surface area (Å²) in [6, 6.07) is 29.3. The highest BCUT2D eigenvalue weighted by Crippen LogP contribution is 2.20. The smallest absolute Gasteiger partial charge is 0.0202 e. The first-order chi connectivity index (χ1) is 9.92. The van der Waals surface area contributed by atoms with E-state index in [1.165, 1.54) is 22.3 Å². The first kappa shape index (κ1) is 12.7. The molecule has 0 aliphatic rings. The fraction of sp³-hybridized carbons (Fsp3) is 0. The zero-order valence-electron chi connectivity index (χ0n) is 11.2. The summed E-state index contributed by atoms with van der Waals surface area (Å²) in [6.45, 7) is 0. The van der Waals surface area contributed by atoms with Gasteiger partial charge in [-0.05, 0) is 22.3 Å². The van der Waals surface area contributed by atoms with Crippen LogP contribution in [0.1, 0.15) is 22.3 Å². The molecule has 0 aliphatic carbocycles. The molecule has 0 saturated carbocycles. The molecule has 0 N–H and O–H groups in total. The number of hydrogen-bond acceptors (Lipinski definition) is 0. The van der Waals surface area contributed by atoms with Gasteiger partial charge in [0.05, 0.1) is 0 Å². The lowest BCUT2D eigenvalue weighted by atomic mass is 9.95. The molecule has 20 heavy (non-hydrogen) atoms. The molecule has 0 fully saturated rings. The maximum absolute atomic E-state index is 2.22. The number of rotatable bonds is 4. The lowest BCUT2D eigenvalue weighted by Gasteiger charge is -2.09. The molecule has 0 amide bonds. The molecule has 0 atom stereocenters. The third-order valence-electron chi connectivity index (χ3n) is 3.24. The molecule has 0 saturated heterocycles. The van der Waals surface area contributed by atoms with Gasteiger partial charge in [-0.3, -0.25) is 0 Å². The van der Waals surface area contributed by atoms with E-state index in [1.54, 1.807) is 0 Å². The van der Waals surface area contributed by atoms with Gasteiger partial charge in [-0.1, -0.05) is 84.9 Å². The Kier molecular flexibility index (Phi) is 3.93. The van der Waals surface area contributed by atoms with Crippen molar-refractivity contribution in [3.8, 4) is 0 Å². The summed E-state index contributed by atoms with van der Waals surface area (Å²) in [6.07, 6.45) is 4.43. The minimum absolute atomic E-state index is 1.22. The third kappa shape index (κ3) is 3.16. The van der Waals surface area contributed by atoms with Crippen molar-refractivity contribution < 1.29 is 0 Å². The fourth-order valence-corrected chi connectivity index (χ4v) is 2.23. The molecule has 0 heterocycles. The summed E-state index contributed by atoms with van der Waals surface area (Å²) in [4.78, 5) is 0. The van der Waals surface area contributed by atoms with Crippen LogP contribution in [-0.4, -0.2) is 0 Å². The molecule has 0 aliphatic heterocycles. The molecular weight excluding hydrogens is 240 g/mol. The second kappa shape index (κ2) is 6.21. The van der Waals surface area contributed by atoms with E-state index in [-0.39, 0.29) is 0 Å². The summed E-state index contributed by atoms with van der Waals surface area (Å²) in [7, 11) is 0. The van der Waals surface area contributed by atoms with E-state index in [1.807, 2.05) is 12.1 Å². The van der Waals surface area contributed by atoms with Crippen LogP contribution in [0.4, 0.5) is 0 Å². The molecule has 2 radical (unpaired) electrons. The summed E-state index contributed by atoms with van der Waals surface area (Å²) >= 11 is 0. The minimum Gasteiger partial charge on any atom is -0.0622 e. The Labute approximate surface area is 120 Å². The molecule has 3 rings (SSSR count). The van der Waals surface area contributed by atoms with Crippen molar-refractivity contribution in [1.29, 1.82) is 0 Å². The van der Waals surface area contributed by atoms with E-state index in [4.69, 9.17) is 0 Å². The van der Waals surface area contributed by atoms with Crippen LogP contribution in [0.25, 0.3) is 0 Å². The summed E-state index contributed by atoms with van der Waals surface area (Å²) in [5, 5.41) is 0. The van der Waals surface area contributed by atoms with Gasteiger partial charge in [0.15, 0.2) is 0 Å². The van der Waals surface area contributed by atoms with Crippen molar-refractivity contribution in [2.75, 3.05) is 0 Å². The van der Waals surface area contributed by atoms with Crippen LogP contribution in [0.5, 0.6) is 0 Å². The molecule has 0 nitrogen and oxygen atoms in total. The van der Waals surface area contributed by atoms with Gasteiger partial charge in [0.25, 0.3) is 0 Å². The Bertz CT molecular complexity index is 593. The lowest BCUT2D eigenvalue weighted by Crippen LogP contribution is -1.93. The lowest BCUT2D eigenvalue weighted by molar-refractivity contribution is 1.34. The van der Waals surface area contributed by atoms with Crippen molar-refractivity contribution in [2.24, 2.45) is 0 Å². The van der Waals surface area contributed by atoms with Crippen molar-refractivity contribution in [3.05, 3.63) is 120 Å². The first-order valence-electron chi connectivity index (χ1n) is 6.80. The van der Waals surface area contributed by atoms with Gasteiger partial charge < -0.3 is 0 Å². The second-order valence-electron chi connectivity index (χ2n) is 4.74. The van der Waals surface area contributed by atoms with Crippen LogP contribution < -0.4 is 0 Å². The van der Waals surface area contributed by atoms with Crippen LogP contribution in [-0.2, 0) is 0 Å². The van der Waals surface area contributed by atoms with E-state index in [9.17, 15) is 0 Å². The number of benzene rings is 3. The normalized spacial score (nSPS) is 10.4. The highest BCUT2D eigenvalue weighted by atomic mass is 14.1. The molecule has 0 heteroatoms. The van der Waals surface area contributed by atoms with Crippen LogP contribution in [0.2, 0.25) is 0 Å². The summed E-state index contributed by atoms with van der Waals surface area (Å²) < 4.78 is 0. The van der Waals surface area contributed by atoms with Crippen LogP contribution in [0.15, 0.2) is 84.9 Å². The van der Waals surface area contributed by atoms with Gasteiger partial charge in [0, 0.05) is 12.8 Å². The molecule has 0 bridgehead atoms. The maximum Gasteiger partial charge on any atom is 0.0202 e. The van der Waals surface area contributed by atoms with Crippen molar-refractivity contribution in [1.82, 2.24) is 0 Å². The topological polar surface area (TPSA) is 0 Å². The molecule has 0 unspecified atom stereocenters. The van der Waals surface area contributed by atoms with Gasteiger partial charge in [-0.2, -0.15) is 0 Å². The standard InChI is InChI=1S/C20H16/c1-3-9-17(10-4-1)15-19-13-7-8-14-20(19)16-18-11-5-2-6-12-18/h1-16H. The Hall–Kier alpha value is -2.34. The first-order valence-corrected chi connectivity index (χ1v) is 6.80. The molecule has 0 aromatic heterocycles. The Balaban J connectivity index is 1.85. The van der Waals surface area contributed by atoms with Crippen molar-refractivity contribution in [3.63, 3.8) is 0 Å². The van der Waals surface area contributed by atoms with Gasteiger partial charge >= 0.3 is 0 Å². The second-order valence-corrected chi connectivity index (χ2v) is 4.74. The summed E-state index contributed by atoms with van der Waals surface area (Å²) in [5.74, 6) is 0. The monoisotopic (exact) mass is 256 g/mol. The summed E-state index contributed by atoms with van der Waals surface area (Å²) in [5.41, 5.74) is 4.92. The predicted octanol–water partition coefficient (Wildman–Crippen LogP) is 4.89.